The number of hydrogen-bond donors (Lipinski definition) is 0. The molecule has 0 aliphatic carbocycles. The molecule has 1 saturated heterocycles. The first kappa shape index (κ1) is 15.0. The van der Waals surface area contributed by atoms with Gasteiger partial charge in [0.1, 0.15) is 5.76 Å². The first-order valence-corrected chi connectivity index (χ1v) is 7.80. The van der Waals surface area contributed by atoms with Crippen LogP contribution < -0.4 is 4.90 Å². The molecule has 6 heteroatoms. The molecule has 6 nitrogen and oxygen atoms in total. The fourth-order valence-corrected chi connectivity index (χ4v) is 3.20. The van der Waals surface area contributed by atoms with Crippen LogP contribution in [0.1, 0.15) is 29.9 Å². The van der Waals surface area contributed by atoms with Gasteiger partial charge >= 0.3 is 0 Å². The first-order chi connectivity index (χ1) is 10.6. The van der Waals surface area contributed by atoms with Crippen molar-refractivity contribution in [2.75, 3.05) is 25.0 Å². The Morgan fingerprint density at radius 1 is 1.41 bits per heavy atom. The van der Waals surface area contributed by atoms with Gasteiger partial charge in [-0.05, 0) is 45.9 Å². The number of rotatable bonds is 5. The molecule has 1 aliphatic heterocycles. The Hall–Kier alpha value is -1.95. The molecule has 1 fully saturated rings. The number of likely N-dealkylation sites (N-methyl/N-ethyl adjacent to an activating group) is 1. The maximum atomic E-state index is 5.25. The molecule has 3 rings (SSSR count). The number of aryl methyl sites for hydroxylation is 2. The Labute approximate surface area is 131 Å². The molecule has 1 aliphatic rings. The van der Waals surface area contributed by atoms with E-state index in [1.54, 1.807) is 6.20 Å². The average Bonchev–Trinajstić information content (AvgIpc) is 3.10. The van der Waals surface area contributed by atoms with Gasteiger partial charge in [-0.3, -0.25) is 4.90 Å². The van der Waals surface area contributed by atoms with Crippen LogP contribution in [0, 0.1) is 13.8 Å². The van der Waals surface area contributed by atoms with Crippen molar-refractivity contribution in [3.05, 3.63) is 35.3 Å². The highest BCUT2D eigenvalue weighted by molar-refractivity contribution is 5.39. The lowest BCUT2D eigenvalue weighted by molar-refractivity contribution is 0.299. The molecule has 0 saturated carbocycles. The van der Waals surface area contributed by atoms with E-state index in [4.69, 9.17) is 4.52 Å². The zero-order valence-corrected chi connectivity index (χ0v) is 13.5. The summed E-state index contributed by atoms with van der Waals surface area (Å²) in [6.45, 7) is 6.90. The van der Waals surface area contributed by atoms with E-state index in [0.29, 0.717) is 6.04 Å². The van der Waals surface area contributed by atoms with Crippen LogP contribution in [0.25, 0.3) is 0 Å². The minimum absolute atomic E-state index is 0.488. The first-order valence-electron chi connectivity index (χ1n) is 7.80. The van der Waals surface area contributed by atoms with E-state index in [-0.39, 0.29) is 0 Å². The van der Waals surface area contributed by atoms with Crippen LogP contribution in [0.2, 0.25) is 0 Å². The van der Waals surface area contributed by atoms with Gasteiger partial charge in [0.05, 0.1) is 5.69 Å². The van der Waals surface area contributed by atoms with E-state index in [1.165, 1.54) is 18.4 Å². The van der Waals surface area contributed by atoms with E-state index in [9.17, 15) is 0 Å². The highest BCUT2D eigenvalue weighted by atomic mass is 16.5. The number of nitrogens with zero attached hydrogens (tertiary/aromatic N) is 5. The number of anilines is 1. The second kappa shape index (κ2) is 6.44. The van der Waals surface area contributed by atoms with E-state index in [1.807, 2.05) is 26.0 Å². The van der Waals surface area contributed by atoms with Crippen molar-refractivity contribution in [2.24, 2.45) is 0 Å². The fourth-order valence-electron chi connectivity index (χ4n) is 3.20. The van der Waals surface area contributed by atoms with Crippen molar-refractivity contribution in [3.8, 4) is 0 Å². The van der Waals surface area contributed by atoms with Crippen LogP contribution >= 0.6 is 0 Å². The second-order valence-electron chi connectivity index (χ2n) is 6.07. The predicted octanol–water partition coefficient (Wildman–Crippen LogP) is 2.18. The number of aromatic nitrogens is 3. The smallest absolute Gasteiger partial charge is 0.151 e. The standard InChI is InChI=1S/C16H23N5O/c1-12-15(13(2)22-19-12)11-20(3)10-14-6-5-9-21(14)16-7-4-8-17-18-16/h4,7-8,14H,5-6,9-11H2,1-3H3/t14-/m0/s1. The lowest BCUT2D eigenvalue weighted by Gasteiger charge is -2.29. The van der Waals surface area contributed by atoms with Gasteiger partial charge in [-0.15, -0.1) is 5.10 Å². The third-order valence-corrected chi connectivity index (χ3v) is 4.36. The van der Waals surface area contributed by atoms with Crippen LogP contribution in [0.4, 0.5) is 5.82 Å². The summed E-state index contributed by atoms with van der Waals surface area (Å²) < 4.78 is 5.25. The molecule has 0 bridgehead atoms. The highest BCUT2D eigenvalue weighted by Crippen LogP contribution is 2.24. The summed E-state index contributed by atoms with van der Waals surface area (Å²) in [7, 11) is 2.15. The topological polar surface area (TPSA) is 58.3 Å². The highest BCUT2D eigenvalue weighted by Gasteiger charge is 2.27. The molecule has 3 heterocycles. The van der Waals surface area contributed by atoms with Gasteiger partial charge in [0.25, 0.3) is 0 Å². The van der Waals surface area contributed by atoms with Gasteiger partial charge < -0.3 is 9.42 Å². The minimum atomic E-state index is 0.488. The van der Waals surface area contributed by atoms with Crippen molar-refractivity contribution < 1.29 is 4.52 Å². The van der Waals surface area contributed by atoms with E-state index in [2.05, 4.69) is 32.2 Å². The van der Waals surface area contributed by atoms with Crippen LogP contribution in [0.5, 0.6) is 0 Å². The molecular weight excluding hydrogens is 278 g/mol. The van der Waals surface area contributed by atoms with Crippen LogP contribution in [0.3, 0.4) is 0 Å². The molecule has 0 aromatic carbocycles. The van der Waals surface area contributed by atoms with Gasteiger partial charge in [-0.25, -0.2) is 0 Å². The monoisotopic (exact) mass is 301 g/mol. The number of hydrogen-bond acceptors (Lipinski definition) is 6. The summed E-state index contributed by atoms with van der Waals surface area (Å²) in [5, 5.41) is 12.3. The predicted molar refractivity (Wildman–Crippen MR) is 84.7 cm³/mol. The van der Waals surface area contributed by atoms with Crippen LogP contribution in [-0.2, 0) is 6.54 Å². The van der Waals surface area contributed by atoms with Crippen molar-refractivity contribution in [1.82, 2.24) is 20.3 Å². The zero-order chi connectivity index (χ0) is 15.5. The molecule has 0 spiro atoms. The normalized spacial score (nSPS) is 18.4. The molecule has 0 unspecified atom stereocenters. The zero-order valence-electron chi connectivity index (χ0n) is 13.5. The van der Waals surface area contributed by atoms with Gasteiger partial charge in [-0.2, -0.15) is 5.10 Å². The van der Waals surface area contributed by atoms with Gasteiger partial charge in [-0.1, -0.05) is 5.16 Å². The molecule has 0 N–H and O–H groups in total. The average molecular weight is 301 g/mol. The molecule has 0 amide bonds. The third kappa shape index (κ3) is 3.11. The molecule has 2 aromatic rings. The van der Waals surface area contributed by atoms with Crippen molar-refractivity contribution in [2.45, 2.75) is 39.3 Å². The fraction of sp³-hybridized carbons (Fsp3) is 0.562. The summed E-state index contributed by atoms with van der Waals surface area (Å²) in [5.74, 6) is 1.90. The summed E-state index contributed by atoms with van der Waals surface area (Å²) in [4.78, 5) is 4.71. The summed E-state index contributed by atoms with van der Waals surface area (Å²) in [6, 6.07) is 4.48. The van der Waals surface area contributed by atoms with E-state index >= 15 is 0 Å². The van der Waals surface area contributed by atoms with E-state index in [0.717, 1.165) is 36.9 Å². The summed E-state index contributed by atoms with van der Waals surface area (Å²) in [5.41, 5.74) is 2.19. The maximum Gasteiger partial charge on any atom is 0.151 e. The second-order valence-corrected chi connectivity index (χ2v) is 6.07. The van der Waals surface area contributed by atoms with E-state index < -0.39 is 0 Å². The van der Waals surface area contributed by atoms with Crippen molar-refractivity contribution in [3.63, 3.8) is 0 Å². The molecule has 22 heavy (non-hydrogen) atoms. The maximum absolute atomic E-state index is 5.25. The lowest BCUT2D eigenvalue weighted by atomic mass is 10.1. The Morgan fingerprint density at radius 2 is 2.27 bits per heavy atom. The lowest BCUT2D eigenvalue weighted by Crippen LogP contribution is -2.39. The van der Waals surface area contributed by atoms with Gasteiger partial charge in [0, 0.05) is 37.4 Å². The molecule has 0 radical (unpaired) electrons. The quantitative estimate of drug-likeness (QED) is 0.843. The van der Waals surface area contributed by atoms with Gasteiger partial charge in [0.2, 0.25) is 0 Å². The van der Waals surface area contributed by atoms with Crippen LogP contribution in [-0.4, -0.2) is 46.4 Å². The Morgan fingerprint density at radius 3 is 2.95 bits per heavy atom. The third-order valence-electron chi connectivity index (χ3n) is 4.36. The Bertz CT molecular complexity index is 593. The molecule has 118 valence electrons. The summed E-state index contributed by atoms with van der Waals surface area (Å²) >= 11 is 0. The molecule has 1 atom stereocenters. The minimum Gasteiger partial charge on any atom is -0.361 e. The molecule has 2 aromatic heterocycles. The largest absolute Gasteiger partial charge is 0.361 e. The van der Waals surface area contributed by atoms with Crippen molar-refractivity contribution >= 4 is 5.82 Å². The Kier molecular flexibility index (Phi) is 4.38. The SMILES string of the molecule is Cc1noc(C)c1CN(C)C[C@@H]1CCCN1c1cccnn1. The Balaban J connectivity index is 1.64. The summed E-state index contributed by atoms with van der Waals surface area (Å²) in [6.07, 6.45) is 4.13. The van der Waals surface area contributed by atoms with Crippen molar-refractivity contribution in [1.29, 1.82) is 0 Å². The van der Waals surface area contributed by atoms with Crippen LogP contribution in [0.15, 0.2) is 22.9 Å². The van der Waals surface area contributed by atoms with Gasteiger partial charge in [0.15, 0.2) is 5.82 Å². The molecular formula is C16H23N5O.